The normalized spacial score (nSPS) is 10.3. The predicted octanol–water partition coefficient (Wildman–Crippen LogP) is 4.28. The van der Waals surface area contributed by atoms with Crippen LogP contribution in [0.3, 0.4) is 0 Å². The summed E-state index contributed by atoms with van der Waals surface area (Å²) < 4.78 is 0. The van der Waals surface area contributed by atoms with E-state index in [1.54, 1.807) is 72.8 Å². The van der Waals surface area contributed by atoms with Crippen molar-refractivity contribution in [3.8, 4) is 0 Å². The molecule has 3 aromatic rings. The van der Waals surface area contributed by atoms with Crippen molar-refractivity contribution in [1.82, 2.24) is 4.90 Å². The van der Waals surface area contributed by atoms with Gasteiger partial charge >= 0.3 is 0 Å². The van der Waals surface area contributed by atoms with Gasteiger partial charge in [-0.15, -0.1) is 0 Å². The average Bonchev–Trinajstić information content (AvgIpc) is 2.75. The highest BCUT2D eigenvalue weighted by atomic mass is 35.5. The maximum Gasteiger partial charge on any atom is 0.254 e. The number of hydrogen-bond acceptors (Lipinski definition) is 3. The molecule has 2 amide bonds. The molecular weight excluding hydrogens is 388 g/mol. The second-order valence-corrected chi connectivity index (χ2v) is 6.87. The molecule has 0 aliphatic carbocycles. The van der Waals surface area contributed by atoms with Crippen LogP contribution in [0.25, 0.3) is 0 Å². The zero-order valence-electron chi connectivity index (χ0n) is 15.8. The number of anilines is 1. The summed E-state index contributed by atoms with van der Waals surface area (Å²) in [4.78, 5) is 38.5. The van der Waals surface area contributed by atoms with Gasteiger partial charge < -0.3 is 10.2 Å². The van der Waals surface area contributed by atoms with Gasteiger partial charge in [0.2, 0.25) is 5.91 Å². The van der Waals surface area contributed by atoms with Crippen LogP contribution >= 0.6 is 11.6 Å². The third kappa shape index (κ3) is 5.09. The van der Waals surface area contributed by atoms with Crippen molar-refractivity contribution >= 4 is 34.9 Å². The summed E-state index contributed by atoms with van der Waals surface area (Å²) >= 11 is 6.03. The number of carbonyl (C=O) groups excluding carboxylic acids is 3. The van der Waals surface area contributed by atoms with Gasteiger partial charge in [0, 0.05) is 23.7 Å². The molecule has 0 atom stereocenters. The van der Waals surface area contributed by atoms with Crippen molar-refractivity contribution < 1.29 is 14.4 Å². The number of nitrogens with one attached hydrogen (secondary N) is 1. The van der Waals surface area contributed by atoms with E-state index in [9.17, 15) is 14.4 Å². The van der Waals surface area contributed by atoms with Gasteiger partial charge in [0.1, 0.15) is 0 Å². The smallest absolute Gasteiger partial charge is 0.254 e. The Kier molecular flexibility index (Phi) is 6.42. The molecule has 0 unspecified atom stereocenters. The standard InChI is InChI=1S/C23H19ClN2O3/c1-26(15-21(27)25-20-10-6-5-9-19(20)24)23(29)18-13-11-17(12-14-18)22(28)16-7-3-2-4-8-16/h2-14H,15H2,1H3,(H,25,27). The molecule has 0 aliphatic rings. The molecule has 1 N–H and O–H groups in total. The fourth-order valence-electron chi connectivity index (χ4n) is 2.78. The Bertz CT molecular complexity index is 1030. The first-order valence-electron chi connectivity index (χ1n) is 8.95. The molecule has 0 radical (unpaired) electrons. The molecular formula is C23H19ClN2O3. The van der Waals surface area contributed by atoms with Gasteiger partial charge in [-0.1, -0.05) is 66.2 Å². The van der Waals surface area contributed by atoms with Crippen molar-refractivity contribution in [3.63, 3.8) is 0 Å². The van der Waals surface area contributed by atoms with Gasteiger partial charge in [-0.05, 0) is 24.3 Å². The lowest BCUT2D eigenvalue weighted by atomic mass is 10.0. The SMILES string of the molecule is CN(CC(=O)Nc1ccccc1Cl)C(=O)c1ccc(C(=O)c2ccccc2)cc1. The highest BCUT2D eigenvalue weighted by Gasteiger charge is 2.16. The molecule has 0 aromatic heterocycles. The highest BCUT2D eigenvalue weighted by molar-refractivity contribution is 6.33. The van der Waals surface area contributed by atoms with E-state index in [2.05, 4.69) is 5.32 Å². The largest absolute Gasteiger partial charge is 0.332 e. The minimum absolute atomic E-state index is 0.114. The predicted molar refractivity (Wildman–Crippen MR) is 113 cm³/mol. The molecule has 0 bridgehead atoms. The molecule has 6 heteroatoms. The van der Waals surface area contributed by atoms with Crippen molar-refractivity contribution in [2.24, 2.45) is 0 Å². The first kappa shape index (κ1) is 20.3. The topological polar surface area (TPSA) is 66.5 Å². The first-order valence-corrected chi connectivity index (χ1v) is 9.33. The number of rotatable bonds is 6. The summed E-state index contributed by atoms with van der Waals surface area (Å²) in [6.07, 6.45) is 0. The number of likely N-dealkylation sites (N-methyl/N-ethyl adjacent to an activating group) is 1. The summed E-state index contributed by atoms with van der Waals surface area (Å²) in [6, 6.07) is 22.2. The van der Waals surface area contributed by atoms with Crippen LogP contribution in [0, 0.1) is 0 Å². The minimum atomic E-state index is -0.357. The van der Waals surface area contributed by atoms with E-state index in [1.165, 1.54) is 11.9 Å². The lowest BCUT2D eigenvalue weighted by Crippen LogP contribution is -2.35. The van der Waals surface area contributed by atoms with Crippen molar-refractivity contribution in [3.05, 3.63) is 101 Å². The summed E-state index contributed by atoms with van der Waals surface area (Å²) in [5.41, 5.74) is 1.96. The summed E-state index contributed by atoms with van der Waals surface area (Å²) in [5, 5.41) is 3.10. The van der Waals surface area contributed by atoms with Crippen molar-refractivity contribution in [2.45, 2.75) is 0 Å². The summed E-state index contributed by atoms with van der Waals surface area (Å²) in [6.45, 7) is -0.130. The van der Waals surface area contributed by atoms with E-state index < -0.39 is 0 Å². The van der Waals surface area contributed by atoms with Gasteiger partial charge in [-0.2, -0.15) is 0 Å². The monoisotopic (exact) mass is 406 g/mol. The van der Waals surface area contributed by atoms with Gasteiger partial charge in [0.15, 0.2) is 5.78 Å². The number of ketones is 1. The number of nitrogens with zero attached hydrogens (tertiary/aromatic N) is 1. The molecule has 0 fully saturated rings. The van der Waals surface area contributed by atoms with E-state index in [-0.39, 0.29) is 24.1 Å². The Hall–Kier alpha value is -3.44. The molecule has 0 aliphatic heterocycles. The zero-order valence-corrected chi connectivity index (χ0v) is 16.5. The third-order valence-corrected chi connectivity index (χ3v) is 4.64. The molecule has 146 valence electrons. The Labute approximate surface area is 173 Å². The van der Waals surface area contributed by atoms with Crippen LogP contribution in [-0.4, -0.2) is 36.1 Å². The van der Waals surface area contributed by atoms with Gasteiger partial charge in [0.25, 0.3) is 5.91 Å². The maximum absolute atomic E-state index is 12.6. The molecule has 5 nitrogen and oxygen atoms in total. The van der Waals surface area contributed by atoms with Gasteiger partial charge in [-0.25, -0.2) is 0 Å². The Morgan fingerprint density at radius 2 is 1.34 bits per heavy atom. The van der Waals surface area contributed by atoms with Crippen LogP contribution < -0.4 is 5.32 Å². The van der Waals surface area contributed by atoms with Crippen LogP contribution in [0.5, 0.6) is 0 Å². The minimum Gasteiger partial charge on any atom is -0.332 e. The van der Waals surface area contributed by atoms with E-state index in [0.717, 1.165) is 0 Å². The van der Waals surface area contributed by atoms with Gasteiger partial charge in [-0.3, -0.25) is 14.4 Å². The molecule has 0 saturated heterocycles. The molecule has 0 saturated carbocycles. The maximum atomic E-state index is 12.6. The molecule has 3 aromatic carbocycles. The quantitative estimate of drug-likeness (QED) is 0.621. The summed E-state index contributed by atoms with van der Waals surface area (Å²) in [5.74, 6) is -0.792. The Morgan fingerprint density at radius 1 is 0.793 bits per heavy atom. The molecule has 0 spiro atoms. The number of hydrogen-bond donors (Lipinski definition) is 1. The zero-order chi connectivity index (χ0) is 20.8. The van der Waals surface area contributed by atoms with Crippen LogP contribution in [0.4, 0.5) is 5.69 Å². The molecule has 29 heavy (non-hydrogen) atoms. The number of amides is 2. The van der Waals surface area contributed by atoms with E-state index >= 15 is 0 Å². The first-order chi connectivity index (χ1) is 14.0. The van der Waals surface area contributed by atoms with E-state index in [4.69, 9.17) is 11.6 Å². The van der Waals surface area contributed by atoms with Crippen molar-refractivity contribution in [1.29, 1.82) is 0 Å². The lowest BCUT2D eigenvalue weighted by molar-refractivity contribution is -0.116. The fourth-order valence-corrected chi connectivity index (χ4v) is 2.96. The Morgan fingerprint density at radius 3 is 2.00 bits per heavy atom. The number of carbonyl (C=O) groups is 3. The number of halogens is 1. The van der Waals surface area contributed by atoms with Crippen LogP contribution in [0.15, 0.2) is 78.9 Å². The van der Waals surface area contributed by atoms with Gasteiger partial charge in [0.05, 0.1) is 17.3 Å². The van der Waals surface area contributed by atoms with Crippen LogP contribution in [-0.2, 0) is 4.79 Å². The fraction of sp³-hybridized carbons (Fsp3) is 0.0870. The Balaban J connectivity index is 1.63. The van der Waals surface area contributed by atoms with Crippen LogP contribution in [0.2, 0.25) is 5.02 Å². The number of benzene rings is 3. The molecule has 3 rings (SSSR count). The highest BCUT2D eigenvalue weighted by Crippen LogP contribution is 2.20. The lowest BCUT2D eigenvalue weighted by Gasteiger charge is -2.17. The van der Waals surface area contributed by atoms with E-state index in [1.807, 2.05) is 6.07 Å². The second kappa shape index (κ2) is 9.17. The summed E-state index contributed by atoms with van der Waals surface area (Å²) in [7, 11) is 1.54. The van der Waals surface area contributed by atoms with Crippen LogP contribution in [0.1, 0.15) is 26.3 Å². The molecule has 0 heterocycles. The average molecular weight is 407 g/mol. The van der Waals surface area contributed by atoms with Crippen molar-refractivity contribution in [2.75, 3.05) is 18.9 Å². The van der Waals surface area contributed by atoms with E-state index in [0.29, 0.717) is 27.4 Å². The third-order valence-electron chi connectivity index (χ3n) is 4.31. The second-order valence-electron chi connectivity index (χ2n) is 6.46. The number of para-hydroxylation sites is 1.